The van der Waals surface area contributed by atoms with Gasteiger partial charge < -0.3 is 19.1 Å². The van der Waals surface area contributed by atoms with E-state index < -0.39 is 0 Å². The summed E-state index contributed by atoms with van der Waals surface area (Å²) in [4.78, 5) is 7.79. The van der Waals surface area contributed by atoms with E-state index in [1.807, 2.05) is 0 Å². The van der Waals surface area contributed by atoms with Gasteiger partial charge in [0.25, 0.3) is 6.71 Å². The summed E-state index contributed by atoms with van der Waals surface area (Å²) in [5, 5.41) is 1.16. The zero-order valence-electron chi connectivity index (χ0n) is 44.6. The molecule has 1 fully saturated rings. The number of benzene rings is 6. The first-order valence-corrected chi connectivity index (χ1v) is 26.6. The SMILES string of the molecule is Cc1ccc2oc3c(c2c1)N(c1ccc(C(C)(C)C)cc1C)c1cc(N(c2ccccc2)c2ccccc2)cc2c1B3C1=C(C=C3C(C1)C(C)(C)CCC3(C)C)N2c1ccc2c(c1)C(C)(C)CCC2(C)C. The fourth-order valence-corrected chi connectivity index (χ4v) is 13.5. The largest absolute Gasteiger partial charge is 0.468 e. The predicted octanol–water partition coefficient (Wildman–Crippen LogP) is 17.3. The van der Waals surface area contributed by atoms with Crippen LogP contribution < -0.4 is 25.8 Å². The van der Waals surface area contributed by atoms with Gasteiger partial charge in [-0.3, -0.25) is 0 Å². The molecule has 0 bridgehead atoms. The average molecular weight is 934 g/mol. The maximum atomic E-state index is 7.50. The van der Waals surface area contributed by atoms with Crippen LogP contribution in [0.1, 0.15) is 136 Å². The molecule has 0 saturated heterocycles. The molecule has 5 heteroatoms. The van der Waals surface area contributed by atoms with Crippen LogP contribution in [0.25, 0.3) is 11.0 Å². The lowest BCUT2D eigenvalue weighted by Gasteiger charge is -2.53. The summed E-state index contributed by atoms with van der Waals surface area (Å²) < 4.78 is 7.50. The van der Waals surface area contributed by atoms with Crippen molar-refractivity contribution in [1.82, 2.24) is 0 Å². The van der Waals surface area contributed by atoms with Gasteiger partial charge in [0, 0.05) is 45.2 Å². The van der Waals surface area contributed by atoms with Gasteiger partial charge in [-0.15, -0.1) is 0 Å². The fraction of sp³-hybridized carbons (Fsp3) is 0.364. The van der Waals surface area contributed by atoms with E-state index in [2.05, 4.69) is 238 Å². The highest BCUT2D eigenvalue weighted by atomic mass is 16.3. The number of hydrogen-bond acceptors (Lipinski definition) is 4. The van der Waals surface area contributed by atoms with Crippen molar-refractivity contribution in [2.24, 2.45) is 16.7 Å². The average Bonchev–Trinajstić information content (AvgIpc) is 3.70. The van der Waals surface area contributed by atoms with Crippen molar-refractivity contribution in [1.29, 1.82) is 0 Å². The second-order valence-electron chi connectivity index (χ2n) is 25.7. The van der Waals surface area contributed by atoms with Gasteiger partial charge in [0.15, 0.2) is 0 Å². The quantitative estimate of drug-likeness (QED) is 0.160. The first-order valence-electron chi connectivity index (χ1n) is 26.6. The van der Waals surface area contributed by atoms with E-state index in [0.717, 1.165) is 52.2 Å². The van der Waals surface area contributed by atoms with Crippen molar-refractivity contribution in [3.63, 3.8) is 0 Å². The summed E-state index contributed by atoms with van der Waals surface area (Å²) in [6, 6.07) is 48.5. The Labute approximate surface area is 424 Å². The topological polar surface area (TPSA) is 22.9 Å². The van der Waals surface area contributed by atoms with Crippen molar-refractivity contribution in [3.8, 4) is 0 Å². The zero-order valence-corrected chi connectivity index (χ0v) is 44.6. The van der Waals surface area contributed by atoms with Gasteiger partial charge >= 0.3 is 0 Å². The van der Waals surface area contributed by atoms with Crippen LogP contribution in [0.2, 0.25) is 0 Å². The van der Waals surface area contributed by atoms with Gasteiger partial charge in [0.1, 0.15) is 5.58 Å². The van der Waals surface area contributed by atoms with Crippen molar-refractivity contribution in [2.75, 3.05) is 14.7 Å². The van der Waals surface area contributed by atoms with Gasteiger partial charge in [0.05, 0.1) is 17.0 Å². The second kappa shape index (κ2) is 15.7. The molecule has 7 aromatic rings. The van der Waals surface area contributed by atoms with Crippen molar-refractivity contribution < 1.29 is 4.42 Å². The predicted molar refractivity (Wildman–Crippen MR) is 303 cm³/mol. The second-order valence-corrected chi connectivity index (χ2v) is 25.7. The normalized spacial score (nSPS) is 20.2. The third-order valence-electron chi connectivity index (χ3n) is 18.0. The Morgan fingerprint density at radius 3 is 1.89 bits per heavy atom. The lowest BCUT2D eigenvalue weighted by atomic mass is 9.32. The van der Waals surface area contributed by atoms with Crippen LogP contribution in [-0.4, -0.2) is 6.71 Å². The smallest absolute Gasteiger partial charge is 0.293 e. The van der Waals surface area contributed by atoms with Crippen LogP contribution >= 0.6 is 0 Å². The molecule has 1 atom stereocenters. The summed E-state index contributed by atoms with van der Waals surface area (Å²) in [6.07, 6.45) is 8.40. The Hall–Kier alpha value is -6.20. The number of fused-ring (bicyclic) bond motifs is 7. The van der Waals surface area contributed by atoms with Crippen LogP contribution in [-0.2, 0) is 16.2 Å². The maximum Gasteiger partial charge on any atom is 0.293 e. The van der Waals surface area contributed by atoms with Gasteiger partial charge in [0.2, 0.25) is 0 Å². The van der Waals surface area contributed by atoms with E-state index in [1.54, 1.807) is 5.57 Å². The fourth-order valence-electron chi connectivity index (χ4n) is 13.5. The molecule has 3 heterocycles. The lowest BCUT2D eigenvalue weighted by molar-refractivity contribution is 0.122. The first kappa shape index (κ1) is 45.9. The molecular weight excluding hydrogens is 862 g/mol. The number of allylic oxidation sites excluding steroid dienone is 3. The lowest BCUT2D eigenvalue weighted by Crippen LogP contribution is -2.57. The molecule has 5 aliphatic rings. The third-order valence-corrected chi connectivity index (χ3v) is 18.0. The first-order chi connectivity index (χ1) is 33.6. The number of aryl methyl sites for hydroxylation is 2. The van der Waals surface area contributed by atoms with E-state index in [1.165, 1.54) is 86.5 Å². The number of nitrogens with zero attached hydrogens (tertiary/aromatic N) is 3. The Morgan fingerprint density at radius 2 is 1.24 bits per heavy atom. The van der Waals surface area contributed by atoms with E-state index in [9.17, 15) is 0 Å². The summed E-state index contributed by atoms with van der Waals surface area (Å²) in [6.45, 7) is 31.3. The van der Waals surface area contributed by atoms with Crippen molar-refractivity contribution in [2.45, 2.75) is 138 Å². The molecule has 71 heavy (non-hydrogen) atoms. The Balaban J connectivity index is 1.24. The number of hydrogen-bond donors (Lipinski definition) is 0. The van der Waals surface area contributed by atoms with Crippen LogP contribution in [0, 0.1) is 30.6 Å². The summed E-state index contributed by atoms with van der Waals surface area (Å²) in [5.74, 6) is 0.409. The highest BCUT2D eigenvalue weighted by Gasteiger charge is 2.53. The molecule has 1 aromatic heterocycles. The monoisotopic (exact) mass is 934 g/mol. The molecular formula is C66H72BN3O. The van der Waals surface area contributed by atoms with Crippen LogP contribution in [0.3, 0.4) is 0 Å². The molecule has 0 N–H and O–H groups in total. The molecule has 1 saturated carbocycles. The Bertz CT molecular complexity index is 3340. The molecule has 1 unspecified atom stereocenters. The van der Waals surface area contributed by atoms with E-state index in [0.29, 0.717) is 5.92 Å². The molecule has 4 nitrogen and oxygen atoms in total. The van der Waals surface area contributed by atoms with E-state index in [-0.39, 0.29) is 33.8 Å². The van der Waals surface area contributed by atoms with Crippen molar-refractivity contribution >= 4 is 74.3 Å². The number of rotatable bonds is 5. The zero-order chi connectivity index (χ0) is 49.7. The minimum absolute atomic E-state index is 0.00267. The highest BCUT2D eigenvalue weighted by molar-refractivity contribution is 6.94. The van der Waals surface area contributed by atoms with Crippen LogP contribution in [0.15, 0.2) is 155 Å². The standard InChI is InChI=1S/C66H72BN3O/c1-41-24-29-58-48(34-41)60-61(71-58)67-53-39-51-52(66(12,13)33-32-65(51,10)11)40-55(53)69(46-26-27-49-50(36-46)64(8,9)31-30-63(49,6)7)56-37-47(68(44-20-16-14-17-21-44)45-22-18-15-19-23-45)38-57(59(56)67)70(60)54-28-25-43(35-42(54)2)62(3,4)5/h14-29,34-38,40,51H,30-33,39H2,1-13H3. The molecule has 0 amide bonds. The molecule has 12 rings (SSSR count). The molecule has 360 valence electrons. The summed E-state index contributed by atoms with van der Waals surface area (Å²) >= 11 is 0. The molecule has 0 radical (unpaired) electrons. The third kappa shape index (κ3) is 7.14. The van der Waals surface area contributed by atoms with Crippen LogP contribution in [0.4, 0.5) is 45.5 Å². The molecule has 2 aliphatic heterocycles. The number of furan rings is 1. The van der Waals surface area contributed by atoms with Gasteiger partial charge in [-0.2, -0.15) is 0 Å². The van der Waals surface area contributed by atoms with Gasteiger partial charge in [-0.25, -0.2) is 0 Å². The Kier molecular flexibility index (Phi) is 10.1. The molecule has 3 aliphatic carbocycles. The summed E-state index contributed by atoms with van der Waals surface area (Å²) in [7, 11) is 0. The molecule has 0 spiro atoms. The van der Waals surface area contributed by atoms with Crippen molar-refractivity contribution in [3.05, 3.63) is 178 Å². The van der Waals surface area contributed by atoms with Crippen LogP contribution in [0.5, 0.6) is 0 Å². The minimum Gasteiger partial charge on any atom is -0.468 e. The van der Waals surface area contributed by atoms with Gasteiger partial charge in [-0.05, 0) is 179 Å². The molecule has 6 aromatic carbocycles. The summed E-state index contributed by atoms with van der Waals surface area (Å²) in [5.41, 5.74) is 24.2. The van der Waals surface area contributed by atoms with E-state index in [4.69, 9.17) is 4.42 Å². The van der Waals surface area contributed by atoms with E-state index >= 15 is 0 Å². The minimum atomic E-state index is -0.0954. The number of anilines is 8. The Morgan fingerprint density at radius 1 is 0.606 bits per heavy atom. The number of para-hydroxylation sites is 2. The maximum absolute atomic E-state index is 7.50. The highest BCUT2D eigenvalue weighted by Crippen LogP contribution is 2.60. The van der Waals surface area contributed by atoms with Gasteiger partial charge in [-0.1, -0.05) is 153 Å².